The molecule has 0 aliphatic rings. The van der Waals surface area contributed by atoms with E-state index in [-0.39, 0.29) is 0 Å². The fourth-order valence-corrected chi connectivity index (χ4v) is 12.8. The molecule has 15 aromatic rings. The maximum absolute atomic E-state index is 2.45. The number of hydrogen-bond acceptors (Lipinski definition) is 3. The number of rotatable bonds is 13. The van der Waals surface area contributed by atoms with Gasteiger partial charge < -0.3 is 14.7 Å². The molecule has 15 rings (SSSR count). The molecule has 0 aliphatic heterocycles. The van der Waals surface area contributed by atoms with Crippen LogP contribution in [0.15, 0.2) is 346 Å². The number of fused-ring (bicyclic) bond motifs is 4. The van der Waals surface area contributed by atoms with Crippen molar-refractivity contribution in [1.82, 2.24) is 0 Å². The van der Waals surface area contributed by atoms with Gasteiger partial charge in [-0.15, -0.1) is 0 Å². The lowest BCUT2D eigenvalue weighted by Crippen LogP contribution is -2.11. The molecule has 0 heterocycles. The highest BCUT2D eigenvalue weighted by molar-refractivity contribution is 6.19. The topological polar surface area (TPSA) is 9.72 Å². The summed E-state index contributed by atoms with van der Waals surface area (Å²) in [6.45, 7) is 0. The number of para-hydroxylation sites is 3. The standard InChI is InChI=1S/C82H57N3/c1-6-28-61(29-7-1)81-79(63-47-51-68(52-48-63)83(65-35-10-3-11-36-65)76-44-22-32-58-25-16-19-41-71(58)76)74-56-55-70(85(67-39-14-5-15-40-67)78-46-24-34-60-27-18-21-43-73(60)78)57-75(74)80(82(81)62-30-8-2-9-31-62)64-49-53-69(54-50-64)84(66-37-12-4-13-38-66)77-45-23-33-59-26-17-20-42-72(59)77/h1-57H. The van der Waals surface area contributed by atoms with Crippen LogP contribution >= 0.6 is 0 Å². The van der Waals surface area contributed by atoms with Crippen LogP contribution in [0.4, 0.5) is 51.2 Å². The van der Waals surface area contributed by atoms with Crippen molar-refractivity contribution >= 4 is 94.3 Å². The highest BCUT2D eigenvalue weighted by Crippen LogP contribution is 2.54. The molecular weight excluding hydrogens is 1030 g/mol. The molecule has 3 heteroatoms. The van der Waals surface area contributed by atoms with Gasteiger partial charge in [-0.1, -0.05) is 255 Å². The van der Waals surface area contributed by atoms with Crippen molar-refractivity contribution in [3.05, 3.63) is 346 Å². The van der Waals surface area contributed by atoms with Crippen molar-refractivity contribution in [1.29, 1.82) is 0 Å². The predicted molar refractivity (Wildman–Crippen MR) is 362 cm³/mol. The third-order valence-corrected chi connectivity index (χ3v) is 16.6. The molecule has 0 bridgehead atoms. The van der Waals surface area contributed by atoms with Gasteiger partial charge in [-0.25, -0.2) is 0 Å². The second-order valence-corrected chi connectivity index (χ2v) is 21.6. The van der Waals surface area contributed by atoms with Crippen LogP contribution in [0.2, 0.25) is 0 Å². The summed E-state index contributed by atoms with van der Waals surface area (Å²) in [7, 11) is 0. The van der Waals surface area contributed by atoms with Crippen LogP contribution < -0.4 is 14.7 Å². The molecule has 400 valence electrons. The average molecular weight is 1080 g/mol. The molecule has 0 saturated heterocycles. The van der Waals surface area contributed by atoms with Crippen LogP contribution in [0.1, 0.15) is 0 Å². The summed E-state index contributed by atoms with van der Waals surface area (Å²) in [4.78, 5) is 7.22. The summed E-state index contributed by atoms with van der Waals surface area (Å²) in [5.41, 5.74) is 19.0. The van der Waals surface area contributed by atoms with E-state index in [1.165, 1.54) is 37.9 Å². The Bertz CT molecular complexity index is 4840. The predicted octanol–water partition coefficient (Wildman–Crippen LogP) is 23.4. The van der Waals surface area contributed by atoms with Gasteiger partial charge in [0.1, 0.15) is 0 Å². The third kappa shape index (κ3) is 9.40. The van der Waals surface area contributed by atoms with Gasteiger partial charge in [0.25, 0.3) is 0 Å². The quantitative estimate of drug-likeness (QED) is 0.114. The normalized spacial score (nSPS) is 11.3. The van der Waals surface area contributed by atoms with Crippen molar-refractivity contribution in [3.63, 3.8) is 0 Å². The zero-order valence-corrected chi connectivity index (χ0v) is 46.8. The fourth-order valence-electron chi connectivity index (χ4n) is 12.8. The average Bonchev–Trinajstić information content (AvgIpc) is 1.82. The van der Waals surface area contributed by atoms with Crippen LogP contribution in [-0.2, 0) is 0 Å². The van der Waals surface area contributed by atoms with Crippen molar-refractivity contribution in [3.8, 4) is 44.5 Å². The van der Waals surface area contributed by atoms with E-state index in [4.69, 9.17) is 0 Å². The molecule has 0 amide bonds. The van der Waals surface area contributed by atoms with E-state index in [2.05, 4.69) is 360 Å². The lowest BCUT2D eigenvalue weighted by Gasteiger charge is -2.30. The van der Waals surface area contributed by atoms with E-state index in [0.29, 0.717) is 0 Å². The Hall–Kier alpha value is -11.3. The zero-order chi connectivity index (χ0) is 56.5. The highest BCUT2D eigenvalue weighted by atomic mass is 15.2. The van der Waals surface area contributed by atoms with Gasteiger partial charge in [0, 0.05) is 50.3 Å². The number of anilines is 9. The van der Waals surface area contributed by atoms with Gasteiger partial charge >= 0.3 is 0 Å². The van der Waals surface area contributed by atoms with Crippen LogP contribution in [0, 0.1) is 0 Å². The van der Waals surface area contributed by atoms with Crippen LogP contribution in [0.3, 0.4) is 0 Å². The molecule has 85 heavy (non-hydrogen) atoms. The van der Waals surface area contributed by atoms with Crippen LogP contribution in [0.25, 0.3) is 87.6 Å². The molecule has 0 unspecified atom stereocenters. The van der Waals surface area contributed by atoms with Crippen molar-refractivity contribution in [2.75, 3.05) is 14.7 Å². The Morgan fingerprint density at radius 1 is 0.153 bits per heavy atom. The SMILES string of the molecule is c1ccc(-c2c(-c3ccccc3)c(-c3ccc(N(c4ccccc4)c4cccc5ccccc45)cc3)c3cc(N(c4ccccc4)c4cccc5ccccc45)ccc3c2-c2ccc(N(c3ccccc3)c3cccc4ccccc34)cc2)cc1. The molecule has 0 radical (unpaired) electrons. The first kappa shape index (κ1) is 50.7. The lowest BCUT2D eigenvalue weighted by atomic mass is 9.78. The summed E-state index contributed by atoms with van der Waals surface area (Å²) in [5, 5.41) is 9.43. The first-order valence-corrected chi connectivity index (χ1v) is 29.2. The Morgan fingerprint density at radius 2 is 0.424 bits per heavy atom. The van der Waals surface area contributed by atoms with Gasteiger partial charge in [0.05, 0.1) is 17.1 Å². The molecule has 0 fully saturated rings. The third-order valence-electron chi connectivity index (χ3n) is 16.6. The van der Waals surface area contributed by atoms with Gasteiger partial charge in [0.2, 0.25) is 0 Å². The maximum atomic E-state index is 2.45. The maximum Gasteiger partial charge on any atom is 0.0540 e. The first-order valence-electron chi connectivity index (χ1n) is 29.2. The highest BCUT2D eigenvalue weighted by Gasteiger charge is 2.27. The van der Waals surface area contributed by atoms with E-state index in [0.717, 1.165) is 101 Å². The van der Waals surface area contributed by atoms with Crippen LogP contribution in [-0.4, -0.2) is 0 Å². The summed E-state index contributed by atoms with van der Waals surface area (Å²) in [5.74, 6) is 0. The second-order valence-electron chi connectivity index (χ2n) is 21.6. The largest absolute Gasteiger partial charge is 0.310 e. The molecular formula is C82H57N3. The summed E-state index contributed by atoms with van der Waals surface area (Å²) in [6, 6.07) is 126. The van der Waals surface area contributed by atoms with Crippen molar-refractivity contribution < 1.29 is 0 Å². The minimum absolute atomic E-state index is 1.06. The fraction of sp³-hybridized carbons (Fsp3) is 0. The smallest absolute Gasteiger partial charge is 0.0540 e. The molecule has 15 aromatic carbocycles. The van der Waals surface area contributed by atoms with E-state index >= 15 is 0 Å². The number of benzene rings is 15. The van der Waals surface area contributed by atoms with Crippen LogP contribution in [0.5, 0.6) is 0 Å². The lowest BCUT2D eigenvalue weighted by molar-refractivity contribution is 1.30. The molecule has 0 N–H and O–H groups in total. The van der Waals surface area contributed by atoms with Gasteiger partial charge in [0.15, 0.2) is 0 Å². The Morgan fingerprint density at radius 3 is 0.800 bits per heavy atom. The minimum atomic E-state index is 1.06. The summed E-state index contributed by atoms with van der Waals surface area (Å²) < 4.78 is 0. The molecule has 0 spiro atoms. The van der Waals surface area contributed by atoms with E-state index in [1.54, 1.807) is 0 Å². The van der Waals surface area contributed by atoms with Crippen molar-refractivity contribution in [2.45, 2.75) is 0 Å². The molecule has 0 aliphatic carbocycles. The Kier molecular flexibility index (Phi) is 13.3. The number of nitrogens with zero attached hydrogens (tertiary/aromatic N) is 3. The van der Waals surface area contributed by atoms with Gasteiger partial charge in [-0.2, -0.15) is 0 Å². The molecule has 0 saturated carbocycles. The Balaban J connectivity index is 1.02. The minimum Gasteiger partial charge on any atom is -0.310 e. The zero-order valence-electron chi connectivity index (χ0n) is 46.8. The molecule has 0 atom stereocenters. The first-order chi connectivity index (χ1) is 42.2. The number of hydrogen-bond donors (Lipinski definition) is 0. The van der Waals surface area contributed by atoms with Crippen molar-refractivity contribution in [2.24, 2.45) is 0 Å². The monoisotopic (exact) mass is 1080 g/mol. The Labute approximate surface area is 496 Å². The van der Waals surface area contributed by atoms with E-state index in [9.17, 15) is 0 Å². The molecule has 0 aromatic heterocycles. The van der Waals surface area contributed by atoms with E-state index in [1.807, 2.05) is 0 Å². The summed E-state index contributed by atoms with van der Waals surface area (Å²) >= 11 is 0. The van der Waals surface area contributed by atoms with E-state index < -0.39 is 0 Å². The molecule has 3 nitrogen and oxygen atoms in total. The second kappa shape index (κ2) is 22.2. The van der Waals surface area contributed by atoms with Gasteiger partial charge in [-0.3, -0.25) is 0 Å². The van der Waals surface area contributed by atoms with Gasteiger partial charge in [-0.05, 0) is 162 Å². The summed E-state index contributed by atoms with van der Waals surface area (Å²) in [6.07, 6.45) is 0.